The number of benzene rings is 1. The maximum absolute atomic E-state index is 12.4. The smallest absolute Gasteiger partial charge is 0.240 e. The molecule has 0 saturated carbocycles. The van der Waals surface area contributed by atoms with E-state index in [0.717, 1.165) is 5.56 Å². The van der Waals surface area contributed by atoms with Crippen molar-refractivity contribution in [2.24, 2.45) is 0 Å². The Morgan fingerprint density at radius 2 is 1.95 bits per heavy atom. The predicted octanol–water partition coefficient (Wildman–Crippen LogP) is 0.297. The summed E-state index contributed by atoms with van der Waals surface area (Å²) in [4.78, 5) is 2.25. The summed E-state index contributed by atoms with van der Waals surface area (Å²) in [5.41, 5.74) is 0.751. The van der Waals surface area contributed by atoms with Gasteiger partial charge in [-0.05, 0) is 57.9 Å². The van der Waals surface area contributed by atoms with E-state index in [0.29, 0.717) is 36.7 Å². The number of nitrogens with one attached hydrogen (secondary N) is 2. The summed E-state index contributed by atoms with van der Waals surface area (Å²) < 4.78 is 32.6. The van der Waals surface area contributed by atoms with Gasteiger partial charge in [0, 0.05) is 13.1 Å². The molecule has 0 spiro atoms. The number of methoxy groups -OCH3 is 1. The molecule has 0 unspecified atom stereocenters. The summed E-state index contributed by atoms with van der Waals surface area (Å²) in [6.45, 7) is 1.74. The van der Waals surface area contributed by atoms with E-state index in [1.807, 2.05) is 26.0 Å². The van der Waals surface area contributed by atoms with E-state index in [2.05, 4.69) is 10.0 Å². The molecule has 0 aliphatic carbocycles. The van der Waals surface area contributed by atoms with Crippen molar-refractivity contribution in [2.45, 2.75) is 11.3 Å². The van der Waals surface area contributed by atoms with Crippen molar-refractivity contribution in [3.05, 3.63) is 23.8 Å². The van der Waals surface area contributed by atoms with Gasteiger partial charge in [0.05, 0.1) is 12.0 Å². The van der Waals surface area contributed by atoms with Gasteiger partial charge in [-0.25, -0.2) is 13.1 Å². The molecule has 0 radical (unpaired) electrons. The van der Waals surface area contributed by atoms with Gasteiger partial charge in [-0.2, -0.15) is 0 Å². The first-order valence-electron chi connectivity index (χ1n) is 6.86. The maximum Gasteiger partial charge on any atom is 0.240 e. The Labute approximate surface area is 127 Å². The third kappa shape index (κ3) is 5.62. The van der Waals surface area contributed by atoms with Crippen LogP contribution in [0.5, 0.6) is 5.75 Å². The van der Waals surface area contributed by atoms with Gasteiger partial charge in [0.1, 0.15) is 5.75 Å². The highest BCUT2D eigenvalue weighted by Gasteiger charge is 2.18. The van der Waals surface area contributed by atoms with E-state index < -0.39 is 10.0 Å². The third-order valence-electron chi connectivity index (χ3n) is 3.05. The lowest BCUT2D eigenvalue weighted by Gasteiger charge is -2.14. The number of hydrogen-bond donors (Lipinski definition) is 2. The molecule has 0 aliphatic rings. The first-order chi connectivity index (χ1) is 9.90. The van der Waals surface area contributed by atoms with Gasteiger partial charge in [-0.1, -0.05) is 0 Å². The van der Waals surface area contributed by atoms with Crippen LogP contribution in [0.4, 0.5) is 0 Å². The van der Waals surface area contributed by atoms with Crippen LogP contribution >= 0.6 is 0 Å². The lowest BCUT2D eigenvalue weighted by atomic mass is 10.1. The van der Waals surface area contributed by atoms with Gasteiger partial charge >= 0.3 is 0 Å². The lowest BCUT2D eigenvalue weighted by Crippen LogP contribution is -2.32. The highest BCUT2D eigenvalue weighted by molar-refractivity contribution is 7.89. The minimum Gasteiger partial charge on any atom is -0.497 e. The van der Waals surface area contributed by atoms with E-state index in [1.165, 1.54) is 0 Å². The Morgan fingerprint density at radius 3 is 2.52 bits per heavy atom. The van der Waals surface area contributed by atoms with E-state index >= 15 is 0 Å². The fourth-order valence-corrected chi connectivity index (χ4v) is 3.15. The molecule has 0 amide bonds. The van der Waals surface area contributed by atoms with Crippen LogP contribution in [0.15, 0.2) is 23.1 Å². The van der Waals surface area contributed by atoms with Crippen LogP contribution in [-0.4, -0.2) is 61.2 Å². The SMILES string of the molecule is CNCCc1cc(OC)ccc1S(=O)(=O)NCCN(C)C. The number of sulfonamides is 1. The van der Waals surface area contributed by atoms with E-state index in [-0.39, 0.29) is 0 Å². The number of nitrogens with zero attached hydrogens (tertiary/aromatic N) is 1. The summed E-state index contributed by atoms with van der Waals surface area (Å²) in [6, 6.07) is 5.04. The average molecular weight is 315 g/mol. The molecule has 21 heavy (non-hydrogen) atoms. The van der Waals surface area contributed by atoms with Gasteiger partial charge in [-0.3, -0.25) is 0 Å². The molecule has 7 heteroatoms. The first-order valence-corrected chi connectivity index (χ1v) is 8.35. The standard InChI is InChI=1S/C14H25N3O3S/c1-15-8-7-12-11-13(20-4)5-6-14(12)21(18,19)16-9-10-17(2)3/h5-6,11,15-16H,7-10H2,1-4H3. The van der Waals surface area contributed by atoms with Crippen molar-refractivity contribution in [1.82, 2.24) is 14.9 Å². The van der Waals surface area contributed by atoms with E-state index in [4.69, 9.17) is 4.74 Å². The van der Waals surface area contributed by atoms with Crippen LogP contribution in [0.1, 0.15) is 5.56 Å². The van der Waals surface area contributed by atoms with E-state index in [1.54, 1.807) is 25.3 Å². The summed E-state index contributed by atoms with van der Waals surface area (Å²) in [6.07, 6.45) is 0.623. The molecule has 1 aromatic carbocycles. The van der Waals surface area contributed by atoms with Gasteiger partial charge in [-0.15, -0.1) is 0 Å². The number of rotatable bonds is 9. The minimum absolute atomic E-state index is 0.317. The fraction of sp³-hybridized carbons (Fsp3) is 0.571. The second-order valence-corrected chi connectivity index (χ2v) is 6.76. The molecular formula is C14H25N3O3S. The number of ether oxygens (including phenoxy) is 1. The Balaban J connectivity index is 2.97. The second kappa shape index (κ2) is 8.33. The van der Waals surface area contributed by atoms with Crippen molar-refractivity contribution in [2.75, 3.05) is 47.9 Å². The molecule has 0 bridgehead atoms. The molecule has 1 rings (SSSR count). The molecule has 0 heterocycles. The normalized spacial score (nSPS) is 11.9. The zero-order chi connectivity index (χ0) is 15.9. The van der Waals surface area contributed by atoms with Crippen molar-refractivity contribution in [3.8, 4) is 5.75 Å². The third-order valence-corrected chi connectivity index (χ3v) is 4.61. The van der Waals surface area contributed by atoms with E-state index in [9.17, 15) is 8.42 Å². The van der Waals surface area contributed by atoms with Crippen LogP contribution < -0.4 is 14.8 Å². The largest absolute Gasteiger partial charge is 0.497 e. The van der Waals surface area contributed by atoms with Gasteiger partial charge in [0.15, 0.2) is 0 Å². The molecule has 1 aromatic rings. The first kappa shape index (κ1) is 17.9. The molecule has 0 atom stereocenters. The van der Waals surface area contributed by atoms with Crippen molar-refractivity contribution in [3.63, 3.8) is 0 Å². The molecular weight excluding hydrogens is 290 g/mol. The Morgan fingerprint density at radius 1 is 1.24 bits per heavy atom. The highest BCUT2D eigenvalue weighted by Crippen LogP contribution is 2.22. The predicted molar refractivity (Wildman–Crippen MR) is 84.4 cm³/mol. The fourth-order valence-electron chi connectivity index (χ4n) is 1.88. The van der Waals surface area contributed by atoms with Crippen molar-refractivity contribution in [1.29, 1.82) is 0 Å². The van der Waals surface area contributed by atoms with Crippen LogP contribution in [0.25, 0.3) is 0 Å². The van der Waals surface area contributed by atoms with Crippen molar-refractivity contribution >= 4 is 10.0 Å². The highest BCUT2D eigenvalue weighted by atomic mass is 32.2. The average Bonchev–Trinajstić information content (AvgIpc) is 2.44. The zero-order valence-electron chi connectivity index (χ0n) is 13.1. The summed E-state index contributed by atoms with van der Waals surface area (Å²) in [7, 11) is 3.71. The second-order valence-electron chi connectivity index (χ2n) is 5.03. The Hall–Kier alpha value is -1.15. The van der Waals surface area contributed by atoms with Crippen LogP contribution in [-0.2, 0) is 16.4 Å². The topological polar surface area (TPSA) is 70.7 Å². The molecule has 0 fully saturated rings. The zero-order valence-corrected chi connectivity index (χ0v) is 14.0. The molecule has 0 aliphatic heterocycles. The summed E-state index contributed by atoms with van der Waals surface area (Å²) >= 11 is 0. The van der Waals surface area contributed by atoms with Crippen LogP contribution in [0.2, 0.25) is 0 Å². The molecule has 0 aromatic heterocycles. The number of likely N-dealkylation sites (N-methyl/N-ethyl adjacent to an activating group) is 2. The molecule has 6 nitrogen and oxygen atoms in total. The van der Waals surface area contributed by atoms with Gasteiger partial charge < -0.3 is 15.0 Å². The summed E-state index contributed by atoms with van der Waals surface area (Å²) in [5, 5.41) is 3.03. The van der Waals surface area contributed by atoms with Gasteiger partial charge in [0.2, 0.25) is 10.0 Å². The minimum atomic E-state index is -3.50. The Bertz CT molecular complexity index is 544. The molecule has 0 saturated heterocycles. The van der Waals surface area contributed by atoms with Crippen molar-refractivity contribution < 1.29 is 13.2 Å². The van der Waals surface area contributed by atoms with Gasteiger partial charge in [0.25, 0.3) is 0 Å². The van der Waals surface area contributed by atoms with Crippen LogP contribution in [0, 0.1) is 0 Å². The molecule has 120 valence electrons. The quantitative estimate of drug-likeness (QED) is 0.686. The van der Waals surface area contributed by atoms with Crippen LogP contribution in [0.3, 0.4) is 0 Å². The monoisotopic (exact) mass is 315 g/mol. The number of hydrogen-bond acceptors (Lipinski definition) is 5. The summed E-state index contributed by atoms with van der Waals surface area (Å²) in [5.74, 6) is 0.661. The molecule has 2 N–H and O–H groups in total. The lowest BCUT2D eigenvalue weighted by molar-refractivity contribution is 0.412. The maximum atomic E-state index is 12.4. The Kier molecular flexibility index (Phi) is 7.10.